The molecule has 130 valence electrons. The zero-order valence-corrected chi connectivity index (χ0v) is 14.2. The van der Waals surface area contributed by atoms with Gasteiger partial charge in [0, 0.05) is 5.39 Å². The summed E-state index contributed by atoms with van der Waals surface area (Å²) in [5.41, 5.74) is 1.25. The molecule has 0 radical (unpaired) electrons. The van der Waals surface area contributed by atoms with Crippen LogP contribution in [0.3, 0.4) is 0 Å². The van der Waals surface area contributed by atoms with Crippen molar-refractivity contribution >= 4 is 16.9 Å². The van der Waals surface area contributed by atoms with Crippen molar-refractivity contribution in [2.24, 2.45) is 0 Å². The standard InChI is InChI=1S/C19H18O6/c1-4-24-19(21)17-13-9-11(20)5-7-16(13)25-18(17)14-10-12(22-2)6-8-15(14)23-3/h5-10,20H,4H2,1-3H3. The van der Waals surface area contributed by atoms with E-state index in [0.29, 0.717) is 33.8 Å². The molecule has 0 aliphatic carbocycles. The van der Waals surface area contributed by atoms with Crippen LogP contribution in [0, 0.1) is 0 Å². The van der Waals surface area contributed by atoms with Crippen LogP contribution in [0.2, 0.25) is 0 Å². The van der Waals surface area contributed by atoms with Crippen LogP contribution in [-0.2, 0) is 4.74 Å². The summed E-state index contributed by atoms with van der Waals surface area (Å²) in [4.78, 5) is 12.5. The Hall–Kier alpha value is -3.15. The van der Waals surface area contributed by atoms with Gasteiger partial charge in [0.25, 0.3) is 0 Å². The molecule has 0 amide bonds. The van der Waals surface area contributed by atoms with E-state index in [1.807, 2.05) is 0 Å². The molecule has 3 rings (SSSR count). The van der Waals surface area contributed by atoms with Gasteiger partial charge in [0.2, 0.25) is 0 Å². The minimum Gasteiger partial charge on any atom is -0.508 e. The van der Waals surface area contributed by atoms with Gasteiger partial charge in [-0.2, -0.15) is 0 Å². The molecule has 25 heavy (non-hydrogen) atoms. The molecule has 0 bridgehead atoms. The quantitative estimate of drug-likeness (QED) is 0.706. The van der Waals surface area contributed by atoms with Crippen LogP contribution in [-0.4, -0.2) is 31.9 Å². The van der Waals surface area contributed by atoms with Crippen LogP contribution in [0.25, 0.3) is 22.3 Å². The second-order valence-electron chi connectivity index (χ2n) is 5.27. The van der Waals surface area contributed by atoms with Crippen LogP contribution >= 0.6 is 0 Å². The van der Waals surface area contributed by atoms with E-state index in [4.69, 9.17) is 18.6 Å². The number of ether oxygens (including phenoxy) is 3. The number of phenols is 1. The lowest BCUT2D eigenvalue weighted by Gasteiger charge is -2.10. The number of hydrogen-bond donors (Lipinski definition) is 1. The van der Waals surface area contributed by atoms with Crippen molar-refractivity contribution < 1.29 is 28.5 Å². The van der Waals surface area contributed by atoms with Gasteiger partial charge < -0.3 is 23.7 Å². The van der Waals surface area contributed by atoms with Crippen molar-refractivity contribution in [3.63, 3.8) is 0 Å². The number of benzene rings is 2. The summed E-state index contributed by atoms with van der Waals surface area (Å²) in [7, 11) is 3.08. The van der Waals surface area contributed by atoms with E-state index in [1.165, 1.54) is 19.2 Å². The Morgan fingerprint density at radius 1 is 1.12 bits per heavy atom. The molecule has 0 aliphatic heterocycles. The highest BCUT2D eigenvalue weighted by Crippen LogP contribution is 2.41. The highest BCUT2D eigenvalue weighted by atomic mass is 16.5. The van der Waals surface area contributed by atoms with E-state index in [9.17, 15) is 9.90 Å². The van der Waals surface area contributed by atoms with Gasteiger partial charge >= 0.3 is 5.97 Å². The number of esters is 1. The van der Waals surface area contributed by atoms with Gasteiger partial charge in [-0.3, -0.25) is 0 Å². The van der Waals surface area contributed by atoms with Crippen molar-refractivity contribution in [2.75, 3.05) is 20.8 Å². The largest absolute Gasteiger partial charge is 0.508 e. The number of aromatic hydroxyl groups is 1. The molecule has 0 spiro atoms. The van der Waals surface area contributed by atoms with Gasteiger partial charge in [-0.25, -0.2) is 4.79 Å². The zero-order valence-electron chi connectivity index (χ0n) is 14.2. The third-order valence-electron chi connectivity index (χ3n) is 3.80. The van der Waals surface area contributed by atoms with E-state index in [-0.39, 0.29) is 17.9 Å². The Balaban J connectivity index is 2.32. The molecule has 0 saturated heterocycles. The summed E-state index contributed by atoms with van der Waals surface area (Å²) < 4.78 is 21.7. The molecule has 6 nitrogen and oxygen atoms in total. The molecular weight excluding hydrogens is 324 g/mol. The normalized spacial score (nSPS) is 10.7. The fourth-order valence-corrected chi connectivity index (χ4v) is 2.67. The first kappa shape index (κ1) is 16.7. The first-order valence-corrected chi connectivity index (χ1v) is 7.74. The summed E-state index contributed by atoms with van der Waals surface area (Å²) in [6.45, 7) is 1.95. The fourth-order valence-electron chi connectivity index (χ4n) is 2.67. The van der Waals surface area contributed by atoms with Crippen molar-refractivity contribution in [3.05, 3.63) is 42.0 Å². The Labute approximate surface area is 144 Å². The lowest BCUT2D eigenvalue weighted by Crippen LogP contribution is -2.05. The SMILES string of the molecule is CCOC(=O)c1c(-c2cc(OC)ccc2OC)oc2ccc(O)cc12. The summed E-state index contributed by atoms with van der Waals surface area (Å²) >= 11 is 0. The summed E-state index contributed by atoms with van der Waals surface area (Å²) in [5.74, 6) is 0.910. The third kappa shape index (κ3) is 2.98. The maximum absolute atomic E-state index is 12.5. The van der Waals surface area contributed by atoms with Gasteiger partial charge in [-0.05, 0) is 43.3 Å². The third-order valence-corrected chi connectivity index (χ3v) is 3.80. The summed E-state index contributed by atoms with van der Waals surface area (Å²) in [6, 6.07) is 9.77. The van der Waals surface area contributed by atoms with E-state index < -0.39 is 5.97 Å². The van der Waals surface area contributed by atoms with Gasteiger partial charge in [0.05, 0.1) is 26.4 Å². The monoisotopic (exact) mass is 342 g/mol. The van der Waals surface area contributed by atoms with Crippen LogP contribution < -0.4 is 9.47 Å². The first-order chi connectivity index (χ1) is 12.1. The average Bonchev–Trinajstić information content (AvgIpc) is 2.99. The number of hydrogen-bond acceptors (Lipinski definition) is 6. The van der Waals surface area contributed by atoms with Crippen molar-refractivity contribution in [1.29, 1.82) is 0 Å². The molecule has 0 unspecified atom stereocenters. The predicted octanol–water partition coefficient (Wildman–Crippen LogP) is 4.00. The van der Waals surface area contributed by atoms with E-state index >= 15 is 0 Å². The smallest absolute Gasteiger partial charge is 0.342 e. The highest BCUT2D eigenvalue weighted by molar-refractivity contribution is 6.09. The van der Waals surface area contributed by atoms with E-state index in [0.717, 1.165) is 0 Å². The average molecular weight is 342 g/mol. The van der Waals surface area contributed by atoms with E-state index in [1.54, 1.807) is 38.3 Å². The Morgan fingerprint density at radius 3 is 2.60 bits per heavy atom. The molecule has 0 fully saturated rings. The fraction of sp³-hybridized carbons (Fsp3) is 0.211. The lowest BCUT2D eigenvalue weighted by molar-refractivity contribution is 0.0528. The number of carbonyl (C=O) groups is 1. The van der Waals surface area contributed by atoms with Crippen LogP contribution in [0.1, 0.15) is 17.3 Å². The summed E-state index contributed by atoms with van der Waals surface area (Å²) in [6.07, 6.45) is 0. The van der Waals surface area contributed by atoms with Gasteiger partial charge in [0.1, 0.15) is 28.4 Å². The van der Waals surface area contributed by atoms with Gasteiger partial charge in [-0.15, -0.1) is 0 Å². The molecule has 0 saturated carbocycles. The second-order valence-corrected chi connectivity index (χ2v) is 5.27. The molecular formula is C19H18O6. The summed E-state index contributed by atoms with van der Waals surface area (Å²) in [5, 5.41) is 10.3. The lowest BCUT2D eigenvalue weighted by atomic mass is 10.0. The Kier molecular flexibility index (Phi) is 4.52. The minimum atomic E-state index is -0.535. The van der Waals surface area contributed by atoms with Crippen LogP contribution in [0.5, 0.6) is 17.2 Å². The maximum atomic E-state index is 12.5. The predicted molar refractivity (Wildman–Crippen MR) is 92.4 cm³/mol. The molecule has 0 atom stereocenters. The Bertz CT molecular complexity index is 925. The molecule has 6 heteroatoms. The molecule has 3 aromatic rings. The molecule has 1 N–H and O–H groups in total. The second kappa shape index (κ2) is 6.76. The Morgan fingerprint density at radius 2 is 1.92 bits per heavy atom. The van der Waals surface area contributed by atoms with Crippen molar-refractivity contribution in [2.45, 2.75) is 6.92 Å². The number of carbonyl (C=O) groups excluding carboxylic acids is 1. The molecule has 1 aromatic heterocycles. The number of methoxy groups -OCH3 is 2. The molecule has 0 aliphatic rings. The maximum Gasteiger partial charge on any atom is 0.342 e. The number of phenolic OH excluding ortho intramolecular Hbond substituents is 1. The van der Waals surface area contributed by atoms with Crippen molar-refractivity contribution in [1.82, 2.24) is 0 Å². The topological polar surface area (TPSA) is 78.1 Å². The van der Waals surface area contributed by atoms with Gasteiger partial charge in [-0.1, -0.05) is 0 Å². The van der Waals surface area contributed by atoms with Gasteiger partial charge in [0.15, 0.2) is 5.76 Å². The zero-order chi connectivity index (χ0) is 18.0. The van der Waals surface area contributed by atoms with Crippen LogP contribution in [0.4, 0.5) is 0 Å². The molecule has 2 aromatic carbocycles. The number of fused-ring (bicyclic) bond motifs is 1. The highest BCUT2D eigenvalue weighted by Gasteiger charge is 2.26. The number of furan rings is 1. The first-order valence-electron chi connectivity index (χ1n) is 7.74. The van der Waals surface area contributed by atoms with Crippen LogP contribution in [0.15, 0.2) is 40.8 Å². The molecule has 1 heterocycles. The number of rotatable bonds is 5. The van der Waals surface area contributed by atoms with E-state index in [2.05, 4.69) is 0 Å². The van der Waals surface area contributed by atoms with Crippen molar-refractivity contribution in [3.8, 4) is 28.6 Å². The minimum absolute atomic E-state index is 0.0306.